The van der Waals surface area contributed by atoms with Gasteiger partial charge in [0.15, 0.2) is 11.5 Å². The van der Waals surface area contributed by atoms with Gasteiger partial charge in [-0.15, -0.1) is 0 Å². The molecule has 0 unspecified atom stereocenters. The number of nitrogens with zero attached hydrogens (tertiary/aromatic N) is 1. The number of ether oxygens (including phenoxy) is 3. The Kier molecular flexibility index (Phi) is 4.03. The van der Waals surface area contributed by atoms with Crippen molar-refractivity contribution in [3.05, 3.63) is 17.7 Å². The Bertz CT molecular complexity index is 656. The molecule has 0 saturated heterocycles. The Morgan fingerprint density at radius 1 is 1.30 bits per heavy atom. The molecule has 0 bridgehead atoms. The van der Waals surface area contributed by atoms with Crippen molar-refractivity contribution in [2.75, 3.05) is 20.3 Å². The number of methoxy groups -OCH3 is 1. The van der Waals surface area contributed by atoms with Crippen LogP contribution in [0, 0.1) is 17.2 Å². The lowest BCUT2D eigenvalue weighted by molar-refractivity contribution is -0.143. The number of rotatable bonds is 3. The molecule has 2 N–H and O–H groups in total. The molecule has 1 fully saturated rings. The lowest BCUT2D eigenvalue weighted by Crippen LogP contribution is -2.34. The van der Waals surface area contributed by atoms with Crippen LogP contribution in [-0.4, -0.2) is 31.4 Å². The molecule has 1 aliphatic heterocycles. The third-order valence-corrected chi connectivity index (χ3v) is 4.81. The zero-order valence-electron chi connectivity index (χ0n) is 13.1. The molecule has 1 saturated carbocycles. The molecule has 1 aromatic carbocycles. The Hall–Kier alpha value is -2.42. The third-order valence-electron chi connectivity index (χ3n) is 4.81. The monoisotopic (exact) mass is 318 g/mol. The Morgan fingerprint density at radius 2 is 1.96 bits per heavy atom. The minimum absolute atomic E-state index is 0.261. The summed E-state index contributed by atoms with van der Waals surface area (Å²) in [5.41, 5.74) is 0.0922. The van der Waals surface area contributed by atoms with Crippen molar-refractivity contribution >= 4 is 5.97 Å². The largest absolute Gasteiger partial charge is 0.565 e. The van der Waals surface area contributed by atoms with Gasteiger partial charge in [0.2, 0.25) is 5.75 Å². The van der Waals surface area contributed by atoms with E-state index < -0.39 is 11.4 Å². The van der Waals surface area contributed by atoms with Gasteiger partial charge in [0, 0.05) is 10.4 Å². The van der Waals surface area contributed by atoms with Crippen LogP contribution in [0.2, 0.25) is 0 Å². The highest BCUT2D eigenvalue weighted by Gasteiger charge is 2.44. The average Bonchev–Trinajstić information content (AvgIpc) is 2.60. The van der Waals surface area contributed by atoms with Crippen LogP contribution in [0.1, 0.15) is 31.2 Å². The lowest BCUT2D eigenvalue weighted by Gasteiger charge is -2.35. The smallest absolute Gasteiger partial charge is 0.519 e. The molecule has 23 heavy (non-hydrogen) atoms. The summed E-state index contributed by atoms with van der Waals surface area (Å²) in [6.45, 7) is 0.879. The molecular weight excluding hydrogens is 298 g/mol. The van der Waals surface area contributed by atoms with Crippen LogP contribution in [0.25, 0.3) is 0 Å². The Labute approximate surface area is 134 Å². The molecule has 6 heteroatoms. The van der Waals surface area contributed by atoms with Crippen LogP contribution in [-0.2, 0) is 10.2 Å². The molecule has 1 heterocycles. The average molecular weight is 318 g/mol. The first-order valence-electron chi connectivity index (χ1n) is 7.75. The standard InChI is InChI=1S/C17H19NO5/c1-21-13-3-2-12(14-15(13)23-9-8-22-14)17(10-18)6-4-11(5-7-17)16(19)20/h2-3,11H,4-9H2,1H3,(H,19,20)/p+1. The molecule has 1 aromatic rings. The first kappa shape index (κ1) is 15.5. The first-order chi connectivity index (χ1) is 11.1. The molecule has 0 aromatic heterocycles. The van der Waals surface area contributed by atoms with Crippen molar-refractivity contribution in [1.29, 1.82) is 5.26 Å². The van der Waals surface area contributed by atoms with Crippen molar-refractivity contribution in [3.63, 3.8) is 0 Å². The van der Waals surface area contributed by atoms with Crippen molar-refractivity contribution in [1.82, 2.24) is 0 Å². The van der Waals surface area contributed by atoms with E-state index in [1.165, 1.54) is 0 Å². The number of carbonyl (C=O) groups is 1. The van der Waals surface area contributed by atoms with Gasteiger partial charge < -0.3 is 19.3 Å². The molecule has 6 nitrogen and oxygen atoms in total. The van der Waals surface area contributed by atoms with Crippen LogP contribution in [0.5, 0.6) is 17.2 Å². The van der Waals surface area contributed by atoms with E-state index >= 15 is 0 Å². The summed E-state index contributed by atoms with van der Waals surface area (Å²) in [6, 6.07) is 6.09. The third kappa shape index (κ3) is 2.56. The second kappa shape index (κ2) is 5.99. The molecule has 0 amide bonds. The normalized spacial score (nSPS) is 26.2. The van der Waals surface area contributed by atoms with Gasteiger partial charge in [-0.3, -0.25) is 0 Å². The van der Waals surface area contributed by atoms with Crippen molar-refractivity contribution in [3.8, 4) is 23.3 Å². The zero-order chi connectivity index (χ0) is 16.4. The molecule has 3 rings (SSSR count). The number of hydrogen-bond acceptors (Lipinski definition) is 5. The highest BCUT2D eigenvalue weighted by atomic mass is 16.6. The first-order valence-corrected chi connectivity index (χ1v) is 7.75. The second-order valence-corrected chi connectivity index (χ2v) is 6.00. The van der Waals surface area contributed by atoms with Crippen molar-refractivity contribution < 1.29 is 24.1 Å². The number of nitriles is 1. The van der Waals surface area contributed by atoms with Crippen molar-refractivity contribution in [2.24, 2.45) is 5.92 Å². The summed E-state index contributed by atoms with van der Waals surface area (Å²) >= 11 is 0. The summed E-state index contributed by atoms with van der Waals surface area (Å²) in [5, 5.41) is 17.1. The van der Waals surface area contributed by atoms with E-state index in [9.17, 15) is 10.1 Å². The van der Waals surface area contributed by atoms with Gasteiger partial charge in [-0.2, -0.15) is 5.26 Å². The molecule has 1 aliphatic carbocycles. The fraction of sp³-hybridized carbons (Fsp3) is 0.529. The minimum atomic E-state index is -0.705. The fourth-order valence-corrected chi connectivity index (χ4v) is 3.46. The minimum Gasteiger partial charge on any atom is -0.565 e. The zero-order valence-corrected chi connectivity index (χ0v) is 13.1. The SMILES string of the molecule is COc1ccc(C2(C#N)CCC(C(=O)[OH2+])CC2)c2c1OCCO2. The topological polar surface area (TPSA) is 91.5 Å². The van der Waals surface area contributed by atoms with E-state index in [-0.39, 0.29) is 5.92 Å². The Morgan fingerprint density at radius 3 is 2.52 bits per heavy atom. The van der Waals surface area contributed by atoms with Crippen LogP contribution in [0.15, 0.2) is 12.1 Å². The van der Waals surface area contributed by atoms with E-state index in [4.69, 9.17) is 19.3 Å². The highest BCUT2D eigenvalue weighted by molar-refractivity contribution is 5.70. The fourth-order valence-electron chi connectivity index (χ4n) is 3.46. The van der Waals surface area contributed by atoms with Gasteiger partial charge in [0.25, 0.3) is 0 Å². The number of hydrogen-bond donors (Lipinski definition) is 0. The van der Waals surface area contributed by atoms with Gasteiger partial charge >= 0.3 is 5.97 Å². The lowest BCUT2D eigenvalue weighted by atomic mass is 9.67. The summed E-state index contributed by atoms with van der Waals surface area (Å²) in [7, 11) is 1.57. The molecular formula is C17H20NO5+. The number of benzene rings is 1. The highest BCUT2D eigenvalue weighted by Crippen LogP contribution is 2.50. The van der Waals surface area contributed by atoms with E-state index in [2.05, 4.69) is 6.07 Å². The maximum Gasteiger partial charge on any atom is 0.519 e. The van der Waals surface area contributed by atoms with Crippen LogP contribution in [0.4, 0.5) is 0 Å². The maximum absolute atomic E-state index is 11.3. The van der Waals surface area contributed by atoms with Crippen LogP contribution < -0.4 is 14.2 Å². The van der Waals surface area contributed by atoms with Crippen LogP contribution >= 0.6 is 0 Å². The van der Waals surface area contributed by atoms with Gasteiger partial charge in [0.1, 0.15) is 19.1 Å². The van der Waals surface area contributed by atoms with Gasteiger partial charge in [-0.25, -0.2) is 0 Å². The van der Waals surface area contributed by atoms with Gasteiger partial charge in [-0.05, 0) is 37.8 Å². The van der Waals surface area contributed by atoms with E-state index in [1.807, 2.05) is 6.07 Å². The van der Waals surface area contributed by atoms with E-state index in [0.717, 1.165) is 5.56 Å². The predicted molar refractivity (Wildman–Crippen MR) is 81.9 cm³/mol. The van der Waals surface area contributed by atoms with E-state index in [1.54, 1.807) is 13.2 Å². The molecule has 0 radical (unpaired) electrons. The number of fused-ring (bicyclic) bond motifs is 1. The molecule has 2 aliphatic rings. The maximum atomic E-state index is 11.3. The van der Waals surface area contributed by atoms with E-state index in [0.29, 0.717) is 56.1 Å². The molecule has 122 valence electrons. The molecule has 0 atom stereocenters. The van der Waals surface area contributed by atoms with Crippen molar-refractivity contribution in [2.45, 2.75) is 31.1 Å². The van der Waals surface area contributed by atoms with Gasteiger partial charge in [0.05, 0.1) is 18.6 Å². The Balaban J connectivity index is 2.00. The summed E-state index contributed by atoms with van der Waals surface area (Å²) in [5.74, 6) is 0.916. The summed E-state index contributed by atoms with van der Waals surface area (Å²) in [4.78, 5) is 11.3. The second-order valence-electron chi connectivity index (χ2n) is 6.00. The summed E-state index contributed by atoms with van der Waals surface area (Å²) < 4.78 is 16.8. The van der Waals surface area contributed by atoms with Crippen LogP contribution in [0.3, 0.4) is 0 Å². The van der Waals surface area contributed by atoms with Gasteiger partial charge in [-0.1, -0.05) is 0 Å². The quantitative estimate of drug-likeness (QED) is 0.791. The summed E-state index contributed by atoms with van der Waals surface area (Å²) in [6.07, 6.45) is 2.19. The molecule has 0 spiro atoms. The number of carbonyl (C=O) groups excluding carboxylic acids is 1. The predicted octanol–water partition coefficient (Wildman–Crippen LogP) is 1.67.